The van der Waals surface area contributed by atoms with Gasteiger partial charge in [0.25, 0.3) is 11.8 Å². The topological polar surface area (TPSA) is 114 Å². The van der Waals surface area contributed by atoms with Gasteiger partial charge in [0.05, 0.1) is 19.5 Å². The number of ether oxygens (including phenoxy) is 2. The van der Waals surface area contributed by atoms with E-state index in [4.69, 9.17) is 9.47 Å². The Kier molecular flexibility index (Phi) is 8.67. The molecule has 39 heavy (non-hydrogen) atoms. The SMILES string of the molecule is COc1cccc(/C=C(\NC(=O)c2ccccc2)C(=O)Nc2ccc(SC3CC(=O)N(C)C3=O)cc2)c1OC. The van der Waals surface area contributed by atoms with Crippen molar-refractivity contribution in [2.45, 2.75) is 16.6 Å². The van der Waals surface area contributed by atoms with Gasteiger partial charge in [0.15, 0.2) is 11.5 Å². The predicted molar refractivity (Wildman–Crippen MR) is 149 cm³/mol. The Hall–Kier alpha value is -4.57. The maximum absolute atomic E-state index is 13.4. The van der Waals surface area contributed by atoms with Crippen LogP contribution in [0.25, 0.3) is 6.08 Å². The van der Waals surface area contributed by atoms with E-state index in [-0.39, 0.29) is 23.9 Å². The van der Waals surface area contributed by atoms with Crippen LogP contribution in [0.5, 0.6) is 11.5 Å². The van der Waals surface area contributed by atoms with E-state index in [2.05, 4.69) is 10.6 Å². The molecular formula is C29H27N3O6S. The summed E-state index contributed by atoms with van der Waals surface area (Å²) in [6.45, 7) is 0. The van der Waals surface area contributed by atoms with Crippen molar-refractivity contribution in [3.05, 3.63) is 89.6 Å². The molecule has 1 aliphatic heterocycles. The van der Waals surface area contributed by atoms with Gasteiger partial charge in [-0.3, -0.25) is 24.1 Å². The molecule has 1 saturated heterocycles. The summed E-state index contributed by atoms with van der Waals surface area (Å²) in [5.74, 6) is -0.548. The zero-order valence-corrected chi connectivity index (χ0v) is 22.4. The van der Waals surface area contributed by atoms with Gasteiger partial charge in [-0.2, -0.15) is 0 Å². The van der Waals surface area contributed by atoms with E-state index in [1.54, 1.807) is 72.8 Å². The van der Waals surface area contributed by atoms with Gasteiger partial charge >= 0.3 is 0 Å². The molecule has 0 aliphatic carbocycles. The Labute approximate surface area is 230 Å². The Morgan fingerprint density at radius 2 is 1.67 bits per heavy atom. The third kappa shape index (κ3) is 6.47. The number of anilines is 1. The molecule has 1 fully saturated rings. The number of rotatable bonds is 9. The number of nitrogens with zero attached hydrogens (tertiary/aromatic N) is 1. The first-order chi connectivity index (χ1) is 18.8. The fourth-order valence-electron chi connectivity index (χ4n) is 3.92. The summed E-state index contributed by atoms with van der Waals surface area (Å²) in [6.07, 6.45) is 1.67. The summed E-state index contributed by atoms with van der Waals surface area (Å²) in [7, 11) is 4.48. The molecule has 10 heteroatoms. The van der Waals surface area contributed by atoms with Gasteiger partial charge in [0.2, 0.25) is 11.8 Å². The molecule has 3 aromatic carbocycles. The molecule has 200 valence electrons. The van der Waals surface area contributed by atoms with Crippen LogP contribution in [-0.2, 0) is 14.4 Å². The minimum Gasteiger partial charge on any atom is -0.493 e. The fourth-order valence-corrected chi connectivity index (χ4v) is 5.02. The van der Waals surface area contributed by atoms with Crippen LogP contribution in [0.1, 0.15) is 22.3 Å². The Balaban J connectivity index is 1.56. The first-order valence-corrected chi connectivity index (χ1v) is 12.9. The normalized spacial score (nSPS) is 15.2. The molecule has 0 spiro atoms. The zero-order valence-electron chi connectivity index (χ0n) is 21.6. The molecule has 1 aliphatic rings. The van der Waals surface area contributed by atoms with E-state index in [0.717, 1.165) is 9.80 Å². The van der Waals surface area contributed by atoms with E-state index in [1.807, 2.05) is 0 Å². The van der Waals surface area contributed by atoms with Gasteiger partial charge in [-0.1, -0.05) is 30.3 Å². The lowest BCUT2D eigenvalue weighted by Gasteiger charge is -2.14. The number of carbonyl (C=O) groups excluding carboxylic acids is 4. The second-order valence-corrected chi connectivity index (χ2v) is 9.82. The highest BCUT2D eigenvalue weighted by Gasteiger charge is 2.36. The molecule has 0 saturated carbocycles. The number of nitrogens with one attached hydrogen (secondary N) is 2. The number of imide groups is 1. The van der Waals surface area contributed by atoms with Crippen LogP contribution in [0, 0.1) is 0 Å². The van der Waals surface area contributed by atoms with Gasteiger partial charge in [-0.15, -0.1) is 11.8 Å². The molecule has 0 aromatic heterocycles. The first-order valence-electron chi connectivity index (χ1n) is 12.0. The number of para-hydroxylation sites is 1. The van der Waals surface area contributed by atoms with E-state index in [0.29, 0.717) is 28.3 Å². The standard InChI is InChI=1S/C29H27N3O6S/c1-32-25(33)17-24(29(32)36)39-21-14-12-20(13-15-21)30-28(35)22(31-27(34)18-8-5-4-6-9-18)16-19-10-7-11-23(37-2)26(19)38-3/h4-16,24H,17H2,1-3H3,(H,30,35)(H,31,34)/b22-16-. The van der Waals surface area contributed by atoms with Gasteiger partial charge in [0, 0.05) is 35.2 Å². The summed E-state index contributed by atoms with van der Waals surface area (Å²) in [6, 6.07) is 20.7. The Morgan fingerprint density at radius 1 is 0.949 bits per heavy atom. The molecule has 2 N–H and O–H groups in total. The molecule has 1 unspecified atom stereocenters. The number of likely N-dealkylation sites (tertiary alicyclic amines) is 1. The van der Waals surface area contributed by atoms with E-state index in [9.17, 15) is 19.2 Å². The van der Waals surface area contributed by atoms with E-state index in [1.165, 1.54) is 39.1 Å². The molecule has 9 nitrogen and oxygen atoms in total. The van der Waals surface area contributed by atoms with E-state index >= 15 is 0 Å². The Morgan fingerprint density at radius 3 is 2.28 bits per heavy atom. The summed E-state index contributed by atoms with van der Waals surface area (Å²) in [4.78, 5) is 52.2. The van der Waals surface area contributed by atoms with Crippen molar-refractivity contribution >= 4 is 47.2 Å². The average molecular weight is 546 g/mol. The summed E-state index contributed by atoms with van der Waals surface area (Å²) in [5, 5.41) is 5.03. The van der Waals surface area contributed by atoms with Crippen molar-refractivity contribution in [3.8, 4) is 11.5 Å². The number of amides is 4. The lowest BCUT2D eigenvalue weighted by molar-refractivity contribution is -0.136. The minimum atomic E-state index is -0.553. The van der Waals surface area contributed by atoms with Crippen LogP contribution in [0.15, 0.2) is 83.4 Å². The fraction of sp³-hybridized carbons (Fsp3) is 0.172. The van der Waals surface area contributed by atoms with E-state index < -0.39 is 17.1 Å². The zero-order chi connectivity index (χ0) is 27.9. The summed E-state index contributed by atoms with van der Waals surface area (Å²) < 4.78 is 10.8. The molecule has 0 radical (unpaired) electrons. The van der Waals surface area contributed by atoms with Crippen molar-refractivity contribution in [3.63, 3.8) is 0 Å². The highest BCUT2D eigenvalue weighted by atomic mass is 32.2. The molecular weight excluding hydrogens is 518 g/mol. The molecule has 3 aromatic rings. The molecule has 4 amide bonds. The predicted octanol–water partition coefficient (Wildman–Crippen LogP) is 3.96. The third-order valence-electron chi connectivity index (χ3n) is 5.99. The quantitative estimate of drug-likeness (QED) is 0.309. The highest BCUT2D eigenvalue weighted by Crippen LogP contribution is 2.33. The van der Waals surface area contributed by atoms with Crippen LogP contribution < -0.4 is 20.1 Å². The number of hydrogen-bond acceptors (Lipinski definition) is 7. The number of carbonyl (C=O) groups is 4. The van der Waals surface area contributed by atoms with Crippen molar-refractivity contribution in [2.24, 2.45) is 0 Å². The van der Waals surface area contributed by atoms with Crippen LogP contribution >= 0.6 is 11.8 Å². The minimum absolute atomic E-state index is 0.00744. The average Bonchev–Trinajstić information content (AvgIpc) is 3.19. The van der Waals surface area contributed by atoms with Crippen LogP contribution in [0.4, 0.5) is 5.69 Å². The van der Waals surface area contributed by atoms with Crippen molar-refractivity contribution in [1.82, 2.24) is 10.2 Å². The van der Waals surface area contributed by atoms with Crippen LogP contribution in [0.2, 0.25) is 0 Å². The third-order valence-corrected chi connectivity index (χ3v) is 7.19. The van der Waals surface area contributed by atoms with Gasteiger partial charge in [-0.25, -0.2) is 0 Å². The monoisotopic (exact) mass is 545 g/mol. The lowest BCUT2D eigenvalue weighted by Crippen LogP contribution is -2.30. The number of hydrogen-bond donors (Lipinski definition) is 2. The van der Waals surface area contributed by atoms with Crippen molar-refractivity contribution < 1.29 is 28.7 Å². The van der Waals surface area contributed by atoms with Crippen molar-refractivity contribution in [2.75, 3.05) is 26.6 Å². The summed E-state index contributed by atoms with van der Waals surface area (Å²) >= 11 is 1.30. The highest BCUT2D eigenvalue weighted by molar-refractivity contribution is 8.00. The first kappa shape index (κ1) is 27.5. The summed E-state index contributed by atoms with van der Waals surface area (Å²) in [5.41, 5.74) is 1.39. The van der Waals surface area contributed by atoms with Crippen LogP contribution in [-0.4, -0.2) is 55.0 Å². The van der Waals surface area contributed by atoms with Gasteiger partial charge < -0.3 is 20.1 Å². The smallest absolute Gasteiger partial charge is 0.272 e. The number of methoxy groups -OCH3 is 2. The van der Waals surface area contributed by atoms with Crippen molar-refractivity contribution in [1.29, 1.82) is 0 Å². The second kappa shape index (κ2) is 12.3. The van der Waals surface area contributed by atoms with Gasteiger partial charge in [0.1, 0.15) is 5.70 Å². The molecule has 1 atom stereocenters. The van der Waals surface area contributed by atoms with Crippen LogP contribution in [0.3, 0.4) is 0 Å². The Bertz CT molecular complexity index is 1420. The maximum atomic E-state index is 13.4. The number of benzene rings is 3. The maximum Gasteiger partial charge on any atom is 0.272 e. The number of thioether (sulfide) groups is 1. The largest absolute Gasteiger partial charge is 0.493 e. The molecule has 4 rings (SSSR count). The second-order valence-electron chi connectivity index (χ2n) is 8.54. The molecule has 0 bridgehead atoms. The lowest BCUT2D eigenvalue weighted by atomic mass is 10.1. The van der Waals surface area contributed by atoms with Gasteiger partial charge in [-0.05, 0) is 48.5 Å². The molecule has 1 heterocycles.